The molecule has 0 fully saturated rings. The lowest BCUT2D eigenvalue weighted by molar-refractivity contribution is -0.870. The van der Waals surface area contributed by atoms with Crippen LogP contribution < -0.4 is 5.32 Å². The quantitative estimate of drug-likeness (QED) is 0.0243. The van der Waals surface area contributed by atoms with Crippen molar-refractivity contribution in [2.75, 3.05) is 40.9 Å². The molecule has 8 nitrogen and oxygen atoms in total. The molecule has 0 aliphatic rings. The van der Waals surface area contributed by atoms with E-state index in [4.69, 9.17) is 9.05 Å². The van der Waals surface area contributed by atoms with Crippen LogP contribution in [0.25, 0.3) is 0 Å². The van der Waals surface area contributed by atoms with Gasteiger partial charge in [-0.1, -0.05) is 276 Å². The van der Waals surface area contributed by atoms with Gasteiger partial charge in [0.05, 0.1) is 39.9 Å². The second-order valence-corrected chi connectivity index (χ2v) is 23.5. The molecule has 0 aromatic heterocycles. The summed E-state index contributed by atoms with van der Waals surface area (Å²) in [6.07, 6.45) is 63.8. The standard InChI is InChI=1S/C59H119N2O6P/c1-6-8-10-12-13-14-15-16-17-18-19-20-21-22-23-24-25-26-27-28-29-30-31-32-33-34-35-36-37-38-39-40-41-42-43-44-45-46-47-49-51-53-59(63)60-57(58(62)52-50-48-11-9-7-2)56-67-68(64,65)66-55-54-61(3,4)5/h18-19,57-58,62H,6-17,20-56H2,1-5H3,(H-,60,63,64,65)/p+1/b19-18-. The van der Waals surface area contributed by atoms with E-state index in [1.54, 1.807) is 0 Å². The SMILES string of the molecule is CCCCCCCCCC/C=C\CCCCCCCCCCCCCCCCCCCCCCCCCCCCCCCC(=O)NC(COP(=O)(O)OCC[N+](C)(C)C)C(O)CCCCCCC. The van der Waals surface area contributed by atoms with Crippen LogP contribution in [0.2, 0.25) is 0 Å². The first-order valence-corrected chi connectivity index (χ1v) is 31.5. The Hall–Kier alpha value is -0.760. The first-order chi connectivity index (χ1) is 33.0. The highest BCUT2D eigenvalue weighted by Crippen LogP contribution is 2.43. The maximum atomic E-state index is 12.8. The average Bonchev–Trinajstić information content (AvgIpc) is 3.30. The molecule has 0 aliphatic heterocycles. The number of nitrogens with one attached hydrogen (secondary N) is 1. The van der Waals surface area contributed by atoms with E-state index < -0.39 is 20.0 Å². The van der Waals surface area contributed by atoms with E-state index in [-0.39, 0.29) is 19.1 Å². The van der Waals surface area contributed by atoms with Crippen molar-refractivity contribution in [1.82, 2.24) is 5.32 Å². The summed E-state index contributed by atoms with van der Waals surface area (Å²) in [5.74, 6) is -0.145. The zero-order valence-electron chi connectivity index (χ0n) is 46.4. The Morgan fingerprint density at radius 3 is 1.13 bits per heavy atom. The second kappa shape index (κ2) is 51.2. The monoisotopic (exact) mass is 984 g/mol. The number of phosphoric acid groups is 1. The number of aliphatic hydroxyl groups is 1. The van der Waals surface area contributed by atoms with Crippen LogP contribution in [0.1, 0.15) is 309 Å². The Labute approximate surface area is 424 Å². The molecule has 0 aromatic carbocycles. The van der Waals surface area contributed by atoms with Gasteiger partial charge in [0.15, 0.2) is 0 Å². The normalized spacial score (nSPS) is 13.9. The summed E-state index contributed by atoms with van der Waals surface area (Å²) >= 11 is 0. The number of aliphatic hydroxyl groups excluding tert-OH is 1. The highest BCUT2D eigenvalue weighted by atomic mass is 31.2. The summed E-state index contributed by atoms with van der Waals surface area (Å²) in [6.45, 7) is 4.83. The Kier molecular flexibility index (Phi) is 50.6. The molecule has 0 bridgehead atoms. The smallest absolute Gasteiger partial charge is 0.391 e. The van der Waals surface area contributed by atoms with E-state index in [1.165, 1.54) is 231 Å². The van der Waals surface area contributed by atoms with E-state index >= 15 is 0 Å². The molecule has 0 aliphatic carbocycles. The predicted molar refractivity (Wildman–Crippen MR) is 295 cm³/mol. The zero-order chi connectivity index (χ0) is 49.9. The molecule has 1 amide bonds. The predicted octanol–water partition coefficient (Wildman–Crippen LogP) is 18.2. The summed E-state index contributed by atoms with van der Waals surface area (Å²) in [7, 11) is 1.62. The van der Waals surface area contributed by atoms with Gasteiger partial charge < -0.3 is 19.8 Å². The van der Waals surface area contributed by atoms with Crippen LogP contribution in [-0.2, 0) is 18.4 Å². The van der Waals surface area contributed by atoms with Gasteiger partial charge in [-0.2, -0.15) is 0 Å². The number of nitrogens with zero attached hydrogens (tertiary/aromatic N) is 1. The van der Waals surface area contributed by atoms with Crippen molar-refractivity contribution in [3.8, 4) is 0 Å². The summed E-state index contributed by atoms with van der Waals surface area (Å²) in [5.41, 5.74) is 0. The third-order valence-electron chi connectivity index (χ3n) is 14.0. The van der Waals surface area contributed by atoms with Crippen LogP contribution in [0, 0.1) is 0 Å². The maximum absolute atomic E-state index is 12.8. The molecule has 3 atom stereocenters. The number of allylic oxidation sites excluding steroid dienone is 2. The molecule has 3 unspecified atom stereocenters. The Morgan fingerprint density at radius 2 is 0.794 bits per heavy atom. The van der Waals surface area contributed by atoms with Gasteiger partial charge in [0.1, 0.15) is 13.2 Å². The van der Waals surface area contributed by atoms with Gasteiger partial charge in [0, 0.05) is 6.42 Å². The fourth-order valence-electron chi connectivity index (χ4n) is 9.28. The lowest BCUT2D eigenvalue weighted by Crippen LogP contribution is -2.46. The number of hydrogen-bond donors (Lipinski definition) is 3. The molecule has 0 heterocycles. The molecule has 406 valence electrons. The fourth-order valence-corrected chi connectivity index (χ4v) is 10.0. The number of unbranched alkanes of at least 4 members (excludes halogenated alkanes) is 41. The number of amides is 1. The number of likely N-dealkylation sites (N-methyl/N-ethyl adjacent to an activating group) is 1. The van der Waals surface area contributed by atoms with E-state index in [1.807, 2.05) is 21.1 Å². The van der Waals surface area contributed by atoms with Crippen molar-refractivity contribution in [2.24, 2.45) is 0 Å². The van der Waals surface area contributed by atoms with Crippen LogP contribution in [0.5, 0.6) is 0 Å². The van der Waals surface area contributed by atoms with Crippen LogP contribution in [0.3, 0.4) is 0 Å². The zero-order valence-corrected chi connectivity index (χ0v) is 47.3. The Bertz CT molecular complexity index is 1120. The number of rotatable bonds is 56. The van der Waals surface area contributed by atoms with Gasteiger partial charge in [-0.15, -0.1) is 0 Å². The van der Waals surface area contributed by atoms with Crippen LogP contribution in [0.4, 0.5) is 0 Å². The van der Waals surface area contributed by atoms with Gasteiger partial charge in [0.2, 0.25) is 5.91 Å². The molecule has 68 heavy (non-hydrogen) atoms. The lowest BCUT2D eigenvalue weighted by Gasteiger charge is -2.26. The molecule has 0 saturated carbocycles. The number of phosphoric ester groups is 1. The highest BCUT2D eigenvalue weighted by molar-refractivity contribution is 7.47. The van der Waals surface area contributed by atoms with Gasteiger partial charge >= 0.3 is 7.82 Å². The first kappa shape index (κ1) is 67.2. The lowest BCUT2D eigenvalue weighted by atomic mass is 10.0. The fraction of sp³-hybridized carbons (Fsp3) is 0.949. The van der Waals surface area contributed by atoms with Crippen LogP contribution in [0.15, 0.2) is 12.2 Å². The van der Waals surface area contributed by atoms with Gasteiger partial charge in [-0.05, 0) is 38.5 Å². The minimum absolute atomic E-state index is 0.0769. The number of hydrogen-bond acceptors (Lipinski definition) is 5. The van der Waals surface area contributed by atoms with E-state index in [9.17, 15) is 19.4 Å². The van der Waals surface area contributed by atoms with Crippen LogP contribution in [-0.4, -0.2) is 73.4 Å². The Morgan fingerprint density at radius 1 is 0.485 bits per heavy atom. The third-order valence-corrected chi connectivity index (χ3v) is 15.0. The van der Waals surface area contributed by atoms with Crippen molar-refractivity contribution >= 4 is 13.7 Å². The molecular formula is C59H120N2O6P+. The molecule has 0 spiro atoms. The van der Waals surface area contributed by atoms with Crippen molar-refractivity contribution in [3.05, 3.63) is 12.2 Å². The molecular weight excluding hydrogens is 864 g/mol. The number of carbonyl (C=O) groups is 1. The second-order valence-electron chi connectivity index (χ2n) is 22.1. The first-order valence-electron chi connectivity index (χ1n) is 30.1. The molecule has 9 heteroatoms. The summed E-state index contributed by atoms with van der Waals surface area (Å²) < 4.78 is 23.5. The van der Waals surface area contributed by atoms with Gasteiger partial charge in [-0.25, -0.2) is 4.57 Å². The van der Waals surface area contributed by atoms with E-state index in [0.29, 0.717) is 23.9 Å². The number of quaternary nitrogens is 1. The van der Waals surface area contributed by atoms with E-state index in [0.717, 1.165) is 51.4 Å². The van der Waals surface area contributed by atoms with Crippen molar-refractivity contribution in [2.45, 2.75) is 321 Å². The van der Waals surface area contributed by atoms with Gasteiger partial charge in [0.25, 0.3) is 0 Å². The topological polar surface area (TPSA) is 105 Å². The molecule has 3 N–H and O–H groups in total. The minimum atomic E-state index is -4.30. The Balaban J connectivity index is 3.60. The average molecular weight is 985 g/mol. The third kappa shape index (κ3) is 53.0. The van der Waals surface area contributed by atoms with Crippen molar-refractivity contribution in [1.29, 1.82) is 0 Å². The summed E-state index contributed by atoms with van der Waals surface area (Å²) in [4.78, 5) is 23.0. The molecule has 0 rings (SSSR count). The van der Waals surface area contributed by atoms with Crippen molar-refractivity contribution < 1.29 is 32.9 Å². The summed E-state index contributed by atoms with van der Waals surface area (Å²) in [6, 6.07) is -0.752. The summed E-state index contributed by atoms with van der Waals surface area (Å²) in [5, 5.41) is 13.8. The minimum Gasteiger partial charge on any atom is -0.391 e. The van der Waals surface area contributed by atoms with Crippen LogP contribution >= 0.6 is 7.82 Å². The highest BCUT2D eigenvalue weighted by Gasteiger charge is 2.28. The molecule has 0 saturated heterocycles. The largest absolute Gasteiger partial charge is 0.472 e. The van der Waals surface area contributed by atoms with E-state index in [2.05, 4.69) is 31.3 Å². The molecule has 0 radical (unpaired) electrons. The van der Waals surface area contributed by atoms with Gasteiger partial charge in [-0.3, -0.25) is 13.8 Å². The van der Waals surface area contributed by atoms with Crippen molar-refractivity contribution in [3.63, 3.8) is 0 Å². The molecule has 0 aromatic rings. The maximum Gasteiger partial charge on any atom is 0.472 e. The number of carbonyl (C=O) groups excluding carboxylic acids is 1.